The molecule has 3 nitrogen and oxygen atoms in total. The van der Waals surface area contributed by atoms with Crippen molar-refractivity contribution in [2.24, 2.45) is 10.8 Å². The van der Waals surface area contributed by atoms with Crippen molar-refractivity contribution in [3.8, 4) is 0 Å². The lowest BCUT2D eigenvalue weighted by Crippen LogP contribution is -2.53. The maximum atomic E-state index is 11.1. The van der Waals surface area contributed by atoms with Crippen molar-refractivity contribution in [3.63, 3.8) is 0 Å². The lowest BCUT2D eigenvalue weighted by molar-refractivity contribution is -0.141. The van der Waals surface area contributed by atoms with E-state index in [1.165, 1.54) is 45.2 Å². The van der Waals surface area contributed by atoms with Crippen LogP contribution in [0.15, 0.2) is 0 Å². The van der Waals surface area contributed by atoms with Crippen molar-refractivity contribution in [1.82, 2.24) is 4.90 Å². The highest BCUT2D eigenvalue weighted by Gasteiger charge is 2.53. The number of likely N-dealkylation sites (tertiary alicyclic amines) is 1. The van der Waals surface area contributed by atoms with Crippen LogP contribution in [0.1, 0.15) is 51.4 Å². The van der Waals surface area contributed by atoms with E-state index in [1.807, 2.05) is 0 Å². The van der Waals surface area contributed by atoms with Crippen molar-refractivity contribution in [1.29, 1.82) is 0 Å². The van der Waals surface area contributed by atoms with E-state index in [1.54, 1.807) is 0 Å². The fourth-order valence-electron chi connectivity index (χ4n) is 3.99. The van der Waals surface area contributed by atoms with Gasteiger partial charge in [-0.15, -0.1) is 0 Å². The van der Waals surface area contributed by atoms with E-state index in [2.05, 4.69) is 4.90 Å². The van der Waals surface area contributed by atoms with Crippen LogP contribution >= 0.6 is 0 Å². The quantitative estimate of drug-likeness (QED) is 0.816. The molecule has 0 radical (unpaired) electrons. The van der Waals surface area contributed by atoms with Crippen LogP contribution < -0.4 is 0 Å². The van der Waals surface area contributed by atoms with E-state index in [9.17, 15) is 4.79 Å². The molecule has 3 aliphatic rings. The molecule has 3 fully saturated rings. The molecule has 96 valence electrons. The number of hydrogen-bond acceptors (Lipinski definition) is 2. The second-order valence-electron chi connectivity index (χ2n) is 6.78. The van der Waals surface area contributed by atoms with Gasteiger partial charge in [0.15, 0.2) is 0 Å². The van der Waals surface area contributed by atoms with Gasteiger partial charge in [-0.25, -0.2) is 0 Å². The highest BCUT2D eigenvalue weighted by atomic mass is 16.4. The zero-order chi connectivity index (χ0) is 11.9. The van der Waals surface area contributed by atoms with E-state index in [0.29, 0.717) is 11.8 Å². The van der Waals surface area contributed by atoms with Crippen LogP contribution in [0.3, 0.4) is 0 Å². The second kappa shape index (κ2) is 3.98. The molecular weight excluding hydrogens is 214 g/mol. The summed E-state index contributed by atoms with van der Waals surface area (Å²) in [7, 11) is 0. The number of nitrogens with zero attached hydrogens (tertiary/aromatic N) is 1. The Labute approximate surface area is 103 Å². The number of carboxylic acids is 1. The van der Waals surface area contributed by atoms with Crippen LogP contribution in [0.5, 0.6) is 0 Å². The van der Waals surface area contributed by atoms with Gasteiger partial charge < -0.3 is 10.0 Å². The summed E-state index contributed by atoms with van der Waals surface area (Å²) in [6.45, 7) is 3.53. The van der Waals surface area contributed by atoms with E-state index >= 15 is 0 Å². The standard InChI is InChI=1S/C14H23NO2/c16-12(17)8-13(4-2-1-3-5-13)9-15-10-14(11-15)6-7-14/h1-11H2,(H,16,17). The maximum absolute atomic E-state index is 11.1. The fraction of sp³-hybridized carbons (Fsp3) is 0.929. The predicted molar refractivity (Wildman–Crippen MR) is 65.9 cm³/mol. The van der Waals surface area contributed by atoms with Gasteiger partial charge in [0.25, 0.3) is 0 Å². The third-order valence-corrected chi connectivity index (χ3v) is 5.07. The lowest BCUT2D eigenvalue weighted by Gasteiger charge is -2.47. The first-order valence-corrected chi connectivity index (χ1v) is 7.06. The Morgan fingerprint density at radius 2 is 1.71 bits per heavy atom. The normalized spacial score (nSPS) is 29.9. The van der Waals surface area contributed by atoms with E-state index in [-0.39, 0.29) is 5.41 Å². The zero-order valence-corrected chi connectivity index (χ0v) is 10.6. The Kier molecular flexibility index (Phi) is 2.69. The highest BCUT2D eigenvalue weighted by molar-refractivity contribution is 5.67. The summed E-state index contributed by atoms with van der Waals surface area (Å²) in [4.78, 5) is 13.6. The largest absolute Gasteiger partial charge is 0.481 e. The Hall–Kier alpha value is -0.570. The van der Waals surface area contributed by atoms with E-state index in [0.717, 1.165) is 19.4 Å². The van der Waals surface area contributed by atoms with Crippen LogP contribution in [0.25, 0.3) is 0 Å². The van der Waals surface area contributed by atoms with Crippen LogP contribution in [0, 0.1) is 10.8 Å². The number of rotatable bonds is 4. The average molecular weight is 237 g/mol. The molecular formula is C14H23NO2. The minimum absolute atomic E-state index is 0.0978. The summed E-state index contributed by atoms with van der Waals surface area (Å²) in [5.74, 6) is -0.603. The highest BCUT2D eigenvalue weighted by Crippen LogP contribution is 2.54. The van der Waals surface area contributed by atoms with Crippen molar-refractivity contribution in [2.75, 3.05) is 19.6 Å². The van der Waals surface area contributed by atoms with Crippen LogP contribution in [0.2, 0.25) is 0 Å². The summed E-state index contributed by atoms with van der Waals surface area (Å²) >= 11 is 0. The molecule has 2 saturated carbocycles. The zero-order valence-electron chi connectivity index (χ0n) is 10.6. The molecule has 0 amide bonds. The Balaban J connectivity index is 1.59. The fourth-order valence-corrected chi connectivity index (χ4v) is 3.99. The number of carboxylic acid groups (broad SMARTS) is 1. The Bertz CT molecular complexity index is 308. The molecule has 3 rings (SSSR count). The van der Waals surface area contributed by atoms with Gasteiger partial charge >= 0.3 is 5.97 Å². The minimum Gasteiger partial charge on any atom is -0.481 e. The Morgan fingerprint density at radius 3 is 2.24 bits per heavy atom. The van der Waals surface area contributed by atoms with Gasteiger partial charge in [-0.1, -0.05) is 19.3 Å². The van der Waals surface area contributed by atoms with Crippen LogP contribution in [-0.2, 0) is 4.79 Å². The molecule has 1 heterocycles. The molecule has 0 aromatic carbocycles. The predicted octanol–water partition coefficient (Wildman–Crippen LogP) is 2.51. The second-order valence-corrected chi connectivity index (χ2v) is 6.78. The van der Waals surface area contributed by atoms with Gasteiger partial charge in [-0.05, 0) is 36.5 Å². The summed E-state index contributed by atoms with van der Waals surface area (Å²) in [6.07, 6.45) is 9.22. The monoisotopic (exact) mass is 237 g/mol. The third kappa shape index (κ3) is 2.35. The molecule has 2 aliphatic carbocycles. The third-order valence-electron chi connectivity index (χ3n) is 5.07. The van der Waals surface area contributed by atoms with Crippen LogP contribution in [0.4, 0.5) is 0 Å². The molecule has 0 aromatic heterocycles. The van der Waals surface area contributed by atoms with Gasteiger partial charge in [-0.3, -0.25) is 4.79 Å². The molecule has 17 heavy (non-hydrogen) atoms. The molecule has 0 aromatic rings. The summed E-state index contributed by atoms with van der Waals surface area (Å²) in [6, 6.07) is 0. The summed E-state index contributed by atoms with van der Waals surface area (Å²) < 4.78 is 0. The summed E-state index contributed by atoms with van der Waals surface area (Å²) in [5.41, 5.74) is 0.791. The number of carbonyl (C=O) groups is 1. The first-order chi connectivity index (χ1) is 8.12. The molecule has 1 N–H and O–H groups in total. The first-order valence-electron chi connectivity index (χ1n) is 7.06. The van der Waals surface area contributed by atoms with Crippen molar-refractivity contribution >= 4 is 5.97 Å². The van der Waals surface area contributed by atoms with Gasteiger partial charge in [0.1, 0.15) is 0 Å². The van der Waals surface area contributed by atoms with Gasteiger partial charge in [-0.2, -0.15) is 0 Å². The van der Waals surface area contributed by atoms with Crippen molar-refractivity contribution in [3.05, 3.63) is 0 Å². The number of hydrogen-bond donors (Lipinski definition) is 1. The van der Waals surface area contributed by atoms with Gasteiger partial charge in [0.05, 0.1) is 6.42 Å². The Morgan fingerprint density at radius 1 is 1.06 bits per heavy atom. The topological polar surface area (TPSA) is 40.5 Å². The molecule has 1 saturated heterocycles. The van der Waals surface area contributed by atoms with Crippen molar-refractivity contribution in [2.45, 2.75) is 51.4 Å². The molecule has 0 atom stereocenters. The van der Waals surface area contributed by atoms with E-state index < -0.39 is 5.97 Å². The van der Waals surface area contributed by atoms with E-state index in [4.69, 9.17) is 5.11 Å². The first kappa shape index (κ1) is 11.5. The van der Waals surface area contributed by atoms with Crippen LogP contribution in [-0.4, -0.2) is 35.6 Å². The van der Waals surface area contributed by atoms with Gasteiger partial charge in [0.2, 0.25) is 0 Å². The maximum Gasteiger partial charge on any atom is 0.303 e. The molecule has 1 spiro atoms. The molecule has 1 aliphatic heterocycles. The van der Waals surface area contributed by atoms with Gasteiger partial charge in [0, 0.05) is 19.6 Å². The lowest BCUT2D eigenvalue weighted by atomic mass is 9.70. The molecule has 0 bridgehead atoms. The smallest absolute Gasteiger partial charge is 0.303 e. The number of aliphatic carboxylic acids is 1. The molecule has 0 unspecified atom stereocenters. The molecule has 3 heteroatoms. The SMILES string of the molecule is O=C(O)CC1(CN2CC3(CC3)C2)CCCCC1. The minimum atomic E-state index is -0.603. The van der Waals surface area contributed by atoms with Crippen molar-refractivity contribution < 1.29 is 9.90 Å². The summed E-state index contributed by atoms with van der Waals surface area (Å²) in [5, 5.41) is 9.13. The average Bonchev–Trinajstić information content (AvgIpc) is 2.97.